The zero-order valence-corrected chi connectivity index (χ0v) is 43.6. The van der Waals surface area contributed by atoms with Crippen molar-refractivity contribution >= 4 is 67.8 Å². The molecule has 5 aliphatic rings. The van der Waals surface area contributed by atoms with Gasteiger partial charge in [-0.25, -0.2) is 19.4 Å². The lowest BCUT2D eigenvalue weighted by Crippen LogP contribution is -2.43. The largest absolute Gasteiger partial charge is 0.444 e. The number of benzene rings is 3. The summed E-state index contributed by atoms with van der Waals surface area (Å²) in [4.78, 5) is 61.0. The number of aromatic nitrogens is 2. The molecule has 6 heterocycles. The number of amides is 3. The molecular weight excluding hydrogens is 947 g/mol. The lowest BCUT2D eigenvalue weighted by Gasteiger charge is -2.28. The van der Waals surface area contributed by atoms with Gasteiger partial charge in [0.25, 0.3) is 0 Å². The summed E-state index contributed by atoms with van der Waals surface area (Å²) >= 11 is 3.46. The predicted molar refractivity (Wildman–Crippen MR) is 280 cm³/mol. The van der Waals surface area contributed by atoms with Gasteiger partial charge in [-0.2, -0.15) is 0 Å². The zero-order chi connectivity index (χ0) is 50.0. The molecule has 3 aromatic carbocycles. The van der Waals surface area contributed by atoms with Crippen LogP contribution in [0.25, 0.3) is 22.2 Å². The Balaban J connectivity index is 0.000000230. The van der Waals surface area contributed by atoms with Crippen LogP contribution in [0.5, 0.6) is 0 Å². The third-order valence-corrected chi connectivity index (χ3v) is 13.1. The van der Waals surface area contributed by atoms with Gasteiger partial charge < -0.3 is 19.2 Å². The SMILES string of the molecule is CC(C)(C)OC(=O)N1CCC[C@H]1C1=NC=C(c2ccc(Br)cc2)C1.CC(C)(C)OC(=O)N1CCC[C@H]1C1=NC=C(c2ccc(C#Cc3ccc4nc([C@@H]5CCCN5C(=O)OC(C)(C)C)[nH]c4c3)cc2)C1. The minimum atomic E-state index is -0.542. The zero-order valence-electron chi connectivity index (χ0n) is 42.0. The van der Waals surface area contributed by atoms with E-state index in [0.717, 1.165) is 113 Å². The molecule has 14 heteroatoms. The molecule has 0 spiro atoms. The van der Waals surface area contributed by atoms with E-state index < -0.39 is 16.8 Å². The molecular formula is C56H66BrN7O6. The Morgan fingerprint density at radius 3 is 1.47 bits per heavy atom. The van der Waals surface area contributed by atoms with Crippen LogP contribution in [0.3, 0.4) is 0 Å². The van der Waals surface area contributed by atoms with Gasteiger partial charge in [0.2, 0.25) is 0 Å². The van der Waals surface area contributed by atoms with E-state index >= 15 is 0 Å². The third-order valence-electron chi connectivity index (χ3n) is 12.6. The summed E-state index contributed by atoms with van der Waals surface area (Å²) in [5.74, 6) is 7.34. The number of rotatable bonds is 5. The topological polar surface area (TPSA) is 142 Å². The first kappa shape index (κ1) is 50.2. The monoisotopic (exact) mass is 1010 g/mol. The van der Waals surface area contributed by atoms with Crippen molar-refractivity contribution in [3.05, 3.63) is 112 Å². The minimum Gasteiger partial charge on any atom is -0.444 e. The highest BCUT2D eigenvalue weighted by molar-refractivity contribution is 9.10. The van der Waals surface area contributed by atoms with E-state index in [1.807, 2.05) is 127 Å². The number of allylic oxidation sites excluding steroid dienone is 2. The molecule has 0 radical (unpaired) electrons. The van der Waals surface area contributed by atoms with Gasteiger partial charge >= 0.3 is 18.3 Å². The molecule has 3 amide bonds. The van der Waals surface area contributed by atoms with Crippen LogP contribution < -0.4 is 0 Å². The molecule has 368 valence electrons. The van der Waals surface area contributed by atoms with Gasteiger partial charge in [0.15, 0.2) is 0 Å². The molecule has 0 aliphatic carbocycles. The number of halogens is 1. The first-order valence-corrected chi connectivity index (χ1v) is 25.3. The van der Waals surface area contributed by atoms with Gasteiger partial charge in [-0.15, -0.1) is 0 Å². The van der Waals surface area contributed by atoms with E-state index in [1.54, 1.807) is 4.90 Å². The Hall–Kier alpha value is -6.20. The van der Waals surface area contributed by atoms with Crippen LogP contribution in [0.2, 0.25) is 0 Å². The number of nitrogens with one attached hydrogen (secondary N) is 1. The molecule has 1 aromatic heterocycles. The Bertz CT molecular complexity index is 2790. The highest BCUT2D eigenvalue weighted by Crippen LogP contribution is 2.35. The van der Waals surface area contributed by atoms with E-state index in [4.69, 9.17) is 24.2 Å². The molecule has 4 aromatic rings. The number of ether oxygens (including phenoxy) is 3. The summed E-state index contributed by atoms with van der Waals surface area (Å²) in [6.45, 7) is 19.1. The Labute approximate surface area is 421 Å². The fourth-order valence-corrected chi connectivity index (χ4v) is 9.66. The van der Waals surface area contributed by atoms with Crippen molar-refractivity contribution < 1.29 is 28.6 Å². The van der Waals surface area contributed by atoms with Crippen LogP contribution in [0.1, 0.15) is 148 Å². The van der Waals surface area contributed by atoms with Crippen LogP contribution in [-0.4, -0.2) is 103 Å². The van der Waals surface area contributed by atoms with Crippen LogP contribution in [0, 0.1) is 11.8 Å². The molecule has 1 N–H and O–H groups in total. The number of likely N-dealkylation sites (tertiary alicyclic amines) is 3. The third kappa shape index (κ3) is 12.6. The molecule has 0 saturated carbocycles. The summed E-state index contributed by atoms with van der Waals surface area (Å²) in [6, 6.07) is 22.3. The molecule has 0 bridgehead atoms. The predicted octanol–water partition coefficient (Wildman–Crippen LogP) is 12.7. The van der Waals surface area contributed by atoms with Gasteiger partial charge in [-0.05, 0) is 166 Å². The minimum absolute atomic E-state index is 0.0147. The fourth-order valence-electron chi connectivity index (χ4n) is 9.39. The Morgan fingerprint density at radius 1 is 0.586 bits per heavy atom. The van der Waals surface area contributed by atoms with E-state index in [1.165, 1.54) is 11.1 Å². The number of nitrogens with zero attached hydrogens (tertiary/aromatic N) is 6. The number of fused-ring (bicyclic) bond motifs is 1. The number of H-pyrrole nitrogens is 1. The smallest absolute Gasteiger partial charge is 0.410 e. The normalized spacial score (nSPS) is 20.3. The van der Waals surface area contributed by atoms with Gasteiger partial charge in [0.05, 0.1) is 29.2 Å². The van der Waals surface area contributed by atoms with Crippen molar-refractivity contribution in [1.82, 2.24) is 24.7 Å². The summed E-state index contributed by atoms with van der Waals surface area (Å²) in [7, 11) is 0. The molecule has 3 fully saturated rings. The maximum atomic E-state index is 12.8. The van der Waals surface area contributed by atoms with Crippen molar-refractivity contribution in [3.8, 4) is 11.8 Å². The van der Waals surface area contributed by atoms with Crippen molar-refractivity contribution in [3.63, 3.8) is 0 Å². The van der Waals surface area contributed by atoms with Gasteiger partial charge in [0, 0.05) is 71.9 Å². The second-order valence-electron chi connectivity index (χ2n) is 21.6. The van der Waals surface area contributed by atoms with E-state index in [-0.39, 0.29) is 36.4 Å². The molecule has 9 rings (SSSR count). The summed E-state index contributed by atoms with van der Waals surface area (Å²) < 4.78 is 17.9. The van der Waals surface area contributed by atoms with Crippen molar-refractivity contribution in [2.24, 2.45) is 9.98 Å². The van der Waals surface area contributed by atoms with Crippen molar-refractivity contribution in [2.45, 2.75) is 149 Å². The van der Waals surface area contributed by atoms with Crippen LogP contribution >= 0.6 is 15.9 Å². The summed E-state index contributed by atoms with van der Waals surface area (Å²) in [6.07, 6.45) is 10.1. The van der Waals surface area contributed by atoms with Crippen LogP contribution in [0.4, 0.5) is 14.4 Å². The second kappa shape index (κ2) is 20.6. The molecule has 3 saturated heterocycles. The standard InChI is InChI=1S/C37H43N5O4.C19H23BrN2O2/c1-36(2,3)45-34(43)41-19-7-9-31(41)30-22-27(23-38-30)26-16-13-24(14-17-26)11-12-25-15-18-28-29(21-25)40-33(39-28)32-10-8-20-42(32)35(44)46-37(4,5)6;1-19(2,3)24-18(23)22-10-4-5-17(22)16-11-14(12-21-16)13-6-8-15(20)9-7-13/h13-18,21,23,31-32H,7-10,19-20,22H2,1-6H3,(H,39,40);6-9,12,17H,4-5,10-11H2,1-3H3/t31-,32-;17-/m00/s1. The number of hydrogen-bond donors (Lipinski definition) is 1. The lowest BCUT2D eigenvalue weighted by molar-refractivity contribution is 0.0215. The molecule has 3 atom stereocenters. The van der Waals surface area contributed by atoms with Gasteiger partial charge in [0.1, 0.15) is 22.6 Å². The molecule has 0 unspecified atom stereocenters. The maximum absolute atomic E-state index is 12.8. The highest BCUT2D eigenvalue weighted by atomic mass is 79.9. The lowest BCUT2D eigenvalue weighted by atomic mass is 9.98. The number of imidazole rings is 1. The Kier molecular flexibility index (Phi) is 14.8. The van der Waals surface area contributed by atoms with Gasteiger partial charge in [-0.1, -0.05) is 52.0 Å². The van der Waals surface area contributed by atoms with Gasteiger partial charge in [-0.3, -0.25) is 24.7 Å². The maximum Gasteiger partial charge on any atom is 0.410 e. The average molecular weight is 1010 g/mol. The molecule has 13 nitrogen and oxygen atoms in total. The highest BCUT2D eigenvalue weighted by Gasteiger charge is 2.38. The number of aliphatic imine (C=N–C) groups is 2. The first-order chi connectivity index (χ1) is 33.2. The second-order valence-corrected chi connectivity index (χ2v) is 22.5. The van der Waals surface area contributed by atoms with E-state index in [9.17, 15) is 14.4 Å². The first-order valence-electron chi connectivity index (χ1n) is 24.5. The van der Waals surface area contributed by atoms with Crippen LogP contribution in [0.15, 0.2) is 93.6 Å². The van der Waals surface area contributed by atoms with E-state index in [2.05, 4.69) is 62.0 Å². The Morgan fingerprint density at radius 2 is 1.00 bits per heavy atom. The van der Waals surface area contributed by atoms with Crippen molar-refractivity contribution in [2.75, 3.05) is 19.6 Å². The average Bonchev–Trinajstić information content (AvgIpc) is 4.15. The molecule has 70 heavy (non-hydrogen) atoms. The summed E-state index contributed by atoms with van der Waals surface area (Å²) in [5, 5.41) is 0. The van der Waals surface area contributed by atoms with Crippen molar-refractivity contribution in [1.29, 1.82) is 0 Å². The number of carbonyl (C=O) groups is 3. The number of hydrogen-bond acceptors (Lipinski definition) is 9. The van der Waals surface area contributed by atoms with Crippen LogP contribution in [-0.2, 0) is 14.2 Å². The number of carbonyl (C=O) groups excluding carboxylic acids is 3. The molecule has 5 aliphatic heterocycles. The fraction of sp³-hybridized carbons (Fsp3) is 0.464. The van der Waals surface area contributed by atoms with E-state index in [0.29, 0.717) is 13.1 Å². The number of aromatic amines is 1. The summed E-state index contributed by atoms with van der Waals surface area (Å²) in [5.41, 5.74) is 8.71. The quantitative estimate of drug-likeness (QED) is 0.155.